The van der Waals surface area contributed by atoms with Crippen molar-refractivity contribution in [2.45, 2.75) is 59.6 Å². The van der Waals surface area contributed by atoms with Gasteiger partial charge in [-0.25, -0.2) is 0 Å². The molecule has 2 aromatic rings. The van der Waals surface area contributed by atoms with Crippen molar-refractivity contribution in [3.8, 4) is 0 Å². The maximum atomic E-state index is 2.50. The normalized spacial score (nSPS) is 16.8. The molecular formula is C30H34Cl2Zr. The average molecular weight is 557 g/mol. The second-order valence-corrected chi connectivity index (χ2v) is 20.2. The fraction of sp³-hybridized carbons (Fsp3) is 0.333. The van der Waals surface area contributed by atoms with Gasteiger partial charge >= 0.3 is 194 Å². The molecule has 1 fully saturated rings. The van der Waals surface area contributed by atoms with Gasteiger partial charge < -0.3 is 24.8 Å². The summed E-state index contributed by atoms with van der Waals surface area (Å²) in [4.78, 5) is 0. The van der Waals surface area contributed by atoms with E-state index >= 15 is 0 Å². The van der Waals surface area contributed by atoms with Gasteiger partial charge in [-0.1, -0.05) is 0 Å². The molecule has 0 N–H and O–H groups in total. The molecule has 2 aliphatic carbocycles. The van der Waals surface area contributed by atoms with E-state index in [4.69, 9.17) is 0 Å². The number of rotatable bonds is 10. The Bertz CT molecular complexity index is 946. The van der Waals surface area contributed by atoms with Crippen molar-refractivity contribution in [1.29, 1.82) is 0 Å². The number of hydrogen-bond donors (Lipinski definition) is 0. The number of halogens is 2. The molecule has 0 nitrogen and oxygen atoms in total. The quantitative estimate of drug-likeness (QED) is 0.422. The maximum Gasteiger partial charge on any atom is -1.00 e. The smallest absolute Gasteiger partial charge is 1.00 e. The van der Waals surface area contributed by atoms with E-state index in [0.29, 0.717) is 0 Å². The molecule has 3 heteroatoms. The van der Waals surface area contributed by atoms with Crippen LogP contribution >= 0.6 is 0 Å². The first-order valence-electron chi connectivity index (χ1n) is 12.2. The van der Waals surface area contributed by atoms with Gasteiger partial charge in [-0.3, -0.25) is 0 Å². The van der Waals surface area contributed by atoms with Crippen molar-refractivity contribution in [1.82, 2.24) is 0 Å². The van der Waals surface area contributed by atoms with Crippen LogP contribution in [0.25, 0.3) is 0 Å². The van der Waals surface area contributed by atoms with E-state index < -0.39 is 20.3 Å². The summed E-state index contributed by atoms with van der Waals surface area (Å²) in [6, 6.07) is 22.0. The van der Waals surface area contributed by atoms with E-state index in [1.54, 1.807) is 19.4 Å². The third-order valence-electron chi connectivity index (χ3n) is 7.47. The van der Waals surface area contributed by atoms with E-state index in [1.165, 1.54) is 62.5 Å². The Morgan fingerprint density at radius 3 is 1.36 bits per heavy atom. The first-order valence-corrected chi connectivity index (χ1v) is 18.1. The van der Waals surface area contributed by atoms with Gasteiger partial charge in [0.2, 0.25) is 0 Å². The summed E-state index contributed by atoms with van der Waals surface area (Å²) in [7, 11) is 0. The van der Waals surface area contributed by atoms with Crippen molar-refractivity contribution >= 4 is 0 Å². The molecule has 0 atom stereocenters. The van der Waals surface area contributed by atoms with Crippen molar-refractivity contribution in [3.05, 3.63) is 114 Å². The van der Waals surface area contributed by atoms with Crippen LogP contribution in [0.3, 0.4) is 0 Å². The molecule has 3 aliphatic rings. The maximum absolute atomic E-state index is 2.50. The standard InChI is InChI=1S/2C14H15.C2H4.2ClH.Zr/c2*1-2-7-13(8-3-1)11-6-12-14-9-4-5-10-14;1-2;;;/h2*1-4,7-9H,5-6,11-12H2;1-2H2;2*1H;/q;;;;;+2/p-2. The van der Waals surface area contributed by atoms with E-state index in [1.807, 2.05) is 6.56 Å². The third kappa shape index (κ3) is 6.30. The zero-order valence-electron chi connectivity index (χ0n) is 19.4. The molecule has 0 spiro atoms. The molecule has 0 aromatic heterocycles. The van der Waals surface area contributed by atoms with Gasteiger partial charge in [0.15, 0.2) is 0 Å². The molecule has 33 heavy (non-hydrogen) atoms. The summed E-state index contributed by atoms with van der Waals surface area (Å²) >= 11 is -2.23. The Morgan fingerprint density at radius 1 is 0.545 bits per heavy atom. The van der Waals surface area contributed by atoms with Gasteiger partial charge in [0.1, 0.15) is 0 Å². The van der Waals surface area contributed by atoms with Gasteiger partial charge in [0.25, 0.3) is 0 Å². The van der Waals surface area contributed by atoms with Crippen LogP contribution < -0.4 is 24.8 Å². The summed E-state index contributed by atoms with van der Waals surface area (Å²) in [5, 5.41) is 0. The molecular weight excluding hydrogens is 522 g/mol. The summed E-state index contributed by atoms with van der Waals surface area (Å²) in [6.07, 6.45) is 20.1. The summed E-state index contributed by atoms with van der Waals surface area (Å²) in [5.74, 6) is 0. The van der Waals surface area contributed by atoms with Crippen LogP contribution in [-0.4, -0.2) is 0 Å². The molecule has 2 aromatic carbocycles. The topological polar surface area (TPSA) is 0 Å². The molecule has 0 radical (unpaired) electrons. The van der Waals surface area contributed by atoms with Crippen molar-refractivity contribution in [3.63, 3.8) is 0 Å². The van der Waals surface area contributed by atoms with E-state index in [0.717, 1.165) is 0 Å². The third-order valence-corrected chi connectivity index (χ3v) is 19.4. The number of hydrogen-bond acceptors (Lipinski definition) is 0. The molecule has 172 valence electrons. The van der Waals surface area contributed by atoms with Gasteiger partial charge in [-0.05, 0) is 0 Å². The summed E-state index contributed by atoms with van der Waals surface area (Å²) < 4.78 is 7.10. The minimum absolute atomic E-state index is 0. The molecule has 1 heterocycles. The second-order valence-electron chi connectivity index (χ2n) is 9.48. The van der Waals surface area contributed by atoms with Crippen molar-refractivity contribution in [2.75, 3.05) is 0 Å². The van der Waals surface area contributed by atoms with Crippen LogP contribution in [0.1, 0.15) is 49.7 Å². The Hall–Kier alpha value is -1.14. The van der Waals surface area contributed by atoms with E-state index in [9.17, 15) is 0 Å². The summed E-state index contributed by atoms with van der Waals surface area (Å²) in [5.41, 5.74) is 6.46. The number of benzene rings is 2. The molecule has 0 bridgehead atoms. The minimum Gasteiger partial charge on any atom is -1.00 e. The van der Waals surface area contributed by atoms with Crippen molar-refractivity contribution < 1.29 is 45.1 Å². The second kappa shape index (κ2) is 12.5. The van der Waals surface area contributed by atoms with Crippen LogP contribution in [0.4, 0.5) is 0 Å². The summed E-state index contributed by atoms with van der Waals surface area (Å²) in [6.45, 7) is 0. The Kier molecular flexibility index (Phi) is 10.1. The predicted molar refractivity (Wildman–Crippen MR) is 130 cm³/mol. The van der Waals surface area contributed by atoms with Crippen LogP contribution in [0.5, 0.6) is 0 Å². The SMILES string of the molecule is C1=CC(CCCc2ccccc2)=[C]([Zr+2]2([C]3=C(CCCc4ccccc4)C=CC3)[CH2][CH2]2)C1.[Cl-].[Cl-]. The Labute approximate surface area is 217 Å². The fourth-order valence-corrected chi connectivity index (χ4v) is 20.4. The first-order chi connectivity index (χ1) is 15.4. The predicted octanol–water partition coefficient (Wildman–Crippen LogP) is 2.47. The monoisotopic (exact) mass is 554 g/mol. The van der Waals surface area contributed by atoms with Gasteiger partial charge in [-0.2, -0.15) is 0 Å². The van der Waals surface area contributed by atoms with Crippen molar-refractivity contribution in [2.24, 2.45) is 0 Å². The van der Waals surface area contributed by atoms with E-state index in [-0.39, 0.29) is 24.8 Å². The fourth-order valence-electron chi connectivity index (χ4n) is 5.74. The largest absolute Gasteiger partial charge is 1.00 e. The zero-order chi connectivity index (χ0) is 20.9. The van der Waals surface area contributed by atoms with Gasteiger partial charge in [-0.15, -0.1) is 0 Å². The molecule has 1 aliphatic heterocycles. The van der Waals surface area contributed by atoms with Crippen LogP contribution in [0.15, 0.2) is 103 Å². The molecule has 0 unspecified atom stereocenters. The zero-order valence-corrected chi connectivity index (χ0v) is 23.4. The number of allylic oxidation sites excluding steroid dienone is 8. The number of aryl methyl sites for hydroxylation is 2. The molecule has 5 rings (SSSR count). The molecule has 1 saturated heterocycles. The Balaban J connectivity index is 0.00000153. The average Bonchev–Trinajstić information content (AvgIpc) is 3.22. The van der Waals surface area contributed by atoms with Crippen LogP contribution in [0.2, 0.25) is 8.26 Å². The first kappa shape index (κ1) is 26.5. The Morgan fingerprint density at radius 2 is 0.970 bits per heavy atom. The van der Waals surface area contributed by atoms with Crippen LogP contribution in [0, 0.1) is 0 Å². The van der Waals surface area contributed by atoms with E-state index in [2.05, 4.69) is 85.0 Å². The minimum atomic E-state index is -2.23. The van der Waals surface area contributed by atoms with Gasteiger partial charge in [0.05, 0.1) is 0 Å². The molecule has 0 amide bonds. The molecule has 0 saturated carbocycles. The van der Waals surface area contributed by atoms with Crippen LogP contribution in [-0.2, 0) is 33.1 Å². The van der Waals surface area contributed by atoms with Gasteiger partial charge in [0, 0.05) is 0 Å².